The summed E-state index contributed by atoms with van der Waals surface area (Å²) in [5.41, 5.74) is 2.62. The van der Waals surface area contributed by atoms with Crippen LogP contribution < -0.4 is 15.1 Å². The Balaban J connectivity index is 0.855. The Morgan fingerprint density at radius 1 is 0.706 bits per heavy atom. The monoisotopic (exact) mass is 1420 g/mol. The lowest BCUT2D eigenvalue weighted by Gasteiger charge is -2.43. The minimum Gasteiger partial charge on any atom is -0.460 e. The number of nitrogens with zero attached hydrogens (tertiary/aromatic N) is 9. The average molecular weight is 1430 g/mol. The van der Waals surface area contributed by atoms with E-state index >= 15 is 0 Å². The van der Waals surface area contributed by atoms with E-state index in [4.69, 9.17) is 37.9 Å². The van der Waals surface area contributed by atoms with Crippen LogP contribution in [0.2, 0.25) is 0 Å². The van der Waals surface area contributed by atoms with Crippen LogP contribution in [0.15, 0.2) is 72.4 Å². The molecule has 0 aromatic carbocycles. The molecule has 16 atom stereocenters. The van der Waals surface area contributed by atoms with Gasteiger partial charge in [-0.2, -0.15) is 0 Å². The van der Waals surface area contributed by atoms with Crippen molar-refractivity contribution in [3.8, 4) is 0 Å². The standard InChI is InChI=1S/C76H116N10O16/c1-49-18-14-13-15-19-50(2)63(95-9)42-60-23-21-55(7)76(94,102-60)70(90)71(91)86-25-17-16-20-61(86)72(92)100-65(43-64(96-10)51(3)39-54(6)68(89)69(98-12)67(88)53(5)38-49)52(4)40-57-22-24-62(66(41-57)97-11)101-75(93)81-46-58-44-77-73(78-45-58)84-30-26-82(27-31-84)34-36-99-37-35-83-28-32-85(33-29-83)74-79-47-59(48-80-74)56(8)87/h13-15,18-19,39,44-45,47-49,51-53,55,57,60-66,68-69,89,94H,16-17,20-38,40-43,46H2,1-12H3,(H,81,93)/b15-13+,18-14+,50-19+,54-39+/t49-,51-,52-,53?,55-,57+,60+,61+,62-,63+,64-,65+,66-,68-,69+,76-/m1/s1. The molecule has 1 saturated carbocycles. The van der Waals surface area contributed by atoms with Gasteiger partial charge < -0.3 is 68.1 Å². The number of aromatic nitrogens is 4. The molecule has 4 saturated heterocycles. The van der Waals surface area contributed by atoms with Crippen LogP contribution in [0.3, 0.4) is 0 Å². The van der Waals surface area contributed by atoms with E-state index in [9.17, 15) is 39.0 Å². The highest BCUT2D eigenvalue weighted by atomic mass is 16.6. The van der Waals surface area contributed by atoms with Gasteiger partial charge in [0.05, 0.1) is 43.2 Å². The number of amides is 2. The summed E-state index contributed by atoms with van der Waals surface area (Å²) in [6.45, 7) is 24.6. The Labute approximate surface area is 603 Å². The number of aliphatic hydroxyl groups is 2. The van der Waals surface area contributed by atoms with Gasteiger partial charge in [-0.1, -0.05) is 71.1 Å². The first-order chi connectivity index (χ1) is 48.9. The summed E-state index contributed by atoms with van der Waals surface area (Å²) >= 11 is 0. The van der Waals surface area contributed by atoms with Gasteiger partial charge in [0.1, 0.15) is 30.5 Å². The number of esters is 1. The van der Waals surface area contributed by atoms with Gasteiger partial charge in [0, 0.05) is 168 Å². The molecule has 8 rings (SSSR count). The molecule has 1 aliphatic carbocycles. The lowest BCUT2D eigenvalue weighted by Crippen LogP contribution is -2.61. The van der Waals surface area contributed by atoms with Crippen LogP contribution in [0.4, 0.5) is 16.7 Å². The number of methoxy groups -OCH3 is 4. The number of cyclic esters (lactones) is 1. The molecule has 0 radical (unpaired) electrons. The fraction of sp³-hybridized carbons (Fsp3) is 0.711. The Hall–Kier alpha value is -6.46. The van der Waals surface area contributed by atoms with Crippen molar-refractivity contribution >= 4 is 47.2 Å². The summed E-state index contributed by atoms with van der Waals surface area (Å²) in [6, 6.07) is -1.13. The minimum atomic E-state index is -2.45. The van der Waals surface area contributed by atoms with Crippen molar-refractivity contribution in [2.24, 2.45) is 35.5 Å². The molecule has 1 unspecified atom stereocenters. The molecule has 5 aliphatic heterocycles. The van der Waals surface area contributed by atoms with Crippen LogP contribution in [0, 0.1) is 35.5 Å². The third-order valence-corrected chi connectivity index (χ3v) is 21.8. The van der Waals surface area contributed by atoms with Crippen molar-refractivity contribution in [1.29, 1.82) is 0 Å². The molecule has 26 heteroatoms. The Morgan fingerprint density at radius 3 is 1.95 bits per heavy atom. The average Bonchev–Trinajstić information content (AvgIpc) is 0.773. The highest BCUT2D eigenvalue weighted by Crippen LogP contribution is 2.39. The van der Waals surface area contributed by atoms with E-state index in [1.165, 1.54) is 18.9 Å². The van der Waals surface area contributed by atoms with Gasteiger partial charge >= 0.3 is 12.1 Å². The summed E-state index contributed by atoms with van der Waals surface area (Å²) in [6.07, 6.45) is 17.4. The molecule has 2 amide bonds. The van der Waals surface area contributed by atoms with Gasteiger partial charge in [0.15, 0.2) is 11.6 Å². The van der Waals surface area contributed by atoms with Gasteiger partial charge in [-0.05, 0) is 114 Å². The highest BCUT2D eigenvalue weighted by Gasteiger charge is 2.53. The van der Waals surface area contributed by atoms with Crippen molar-refractivity contribution in [2.45, 2.75) is 200 Å². The number of carbonyl (C=O) groups excluding carboxylic acids is 6. The number of nitrogens with one attached hydrogen (secondary N) is 1. The second-order valence-electron chi connectivity index (χ2n) is 29.2. The molecule has 6 aliphatic rings. The second-order valence-corrected chi connectivity index (χ2v) is 29.2. The highest BCUT2D eigenvalue weighted by molar-refractivity contribution is 6.39. The number of Topliss-reactive ketones (excluding diaryl/α,β-unsaturated/α-hetero) is 3. The molecule has 2 aromatic rings. The first kappa shape index (κ1) is 81.2. The number of rotatable bonds is 19. The van der Waals surface area contributed by atoms with E-state index in [1.54, 1.807) is 60.0 Å². The number of piperazine rings is 2. The summed E-state index contributed by atoms with van der Waals surface area (Å²) in [5.74, 6) is -6.03. The van der Waals surface area contributed by atoms with Crippen LogP contribution in [0.5, 0.6) is 0 Å². The number of piperidine rings is 1. The van der Waals surface area contributed by atoms with Crippen LogP contribution in [0.1, 0.15) is 148 Å². The van der Waals surface area contributed by atoms with E-state index in [1.807, 2.05) is 71.1 Å². The normalized spacial score (nSPS) is 32.8. The zero-order valence-corrected chi connectivity index (χ0v) is 62.5. The molecule has 2 bridgehead atoms. The number of anilines is 2. The summed E-state index contributed by atoms with van der Waals surface area (Å²) in [7, 11) is 6.18. The summed E-state index contributed by atoms with van der Waals surface area (Å²) < 4.78 is 48.8. The van der Waals surface area contributed by atoms with Crippen LogP contribution in [-0.2, 0) is 63.6 Å². The molecule has 5 fully saturated rings. The molecular formula is C76H116N10O16. The number of hydrogen-bond acceptors (Lipinski definition) is 24. The Bertz CT molecular complexity index is 3160. The van der Waals surface area contributed by atoms with Crippen molar-refractivity contribution in [1.82, 2.24) is 40.0 Å². The number of carbonyl (C=O) groups is 6. The molecule has 3 N–H and O–H groups in total. The first-order valence-electron chi connectivity index (χ1n) is 37.0. The predicted molar refractivity (Wildman–Crippen MR) is 384 cm³/mol. The van der Waals surface area contributed by atoms with Crippen molar-refractivity contribution in [3.05, 3.63) is 83.5 Å². The molecule has 2 aromatic heterocycles. The van der Waals surface area contributed by atoms with Gasteiger partial charge in [-0.3, -0.25) is 29.0 Å². The molecular weight excluding hydrogens is 1310 g/mol. The van der Waals surface area contributed by atoms with Gasteiger partial charge in [0.2, 0.25) is 17.7 Å². The maximum Gasteiger partial charge on any atom is 0.407 e. The third-order valence-electron chi connectivity index (χ3n) is 21.8. The van der Waals surface area contributed by atoms with Crippen LogP contribution in [0.25, 0.3) is 0 Å². The van der Waals surface area contributed by atoms with E-state index in [0.29, 0.717) is 100 Å². The number of ketones is 3. The predicted octanol–water partition coefficient (Wildman–Crippen LogP) is 7.30. The van der Waals surface area contributed by atoms with Crippen molar-refractivity contribution in [2.75, 3.05) is 123 Å². The second kappa shape index (κ2) is 39.6. The summed E-state index contributed by atoms with van der Waals surface area (Å²) in [4.78, 5) is 112. The maximum atomic E-state index is 14.9. The van der Waals surface area contributed by atoms with Crippen LogP contribution >= 0.6 is 0 Å². The SMILES string of the molecule is CO[C@H]1C[C@@H]2CC[C@@H](C)[C@@](O)(O2)C(=O)C(=O)N2CCCC[C@H]2C(=O)O[C@H]([C@H](C)C[C@@H]2CC[C@@H](OC(=O)NCc3cnc(N4CCN(CCOCCN5CCN(c6ncc(C(C)=O)cn6)CC5)CC4)nc3)[C@H](OC)C2)C[C@@H](OC)[C@H](C)/C=C(\C)[C@@H](O)[C@@H](OC)C(=O)C(C)C[C@H](C)/C=C/C=C/C=C/1C. The van der Waals surface area contributed by atoms with E-state index in [-0.39, 0.29) is 61.2 Å². The lowest BCUT2D eigenvalue weighted by molar-refractivity contribution is -0.265. The third kappa shape index (κ3) is 22.5. The zero-order valence-electron chi connectivity index (χ0n) is 62.5. The van der Waals surface area contributed by atoms with Crippen LogP contribution in [-0.4, -0.2) is 254 Å². The molecule has 7 heterocycles. The smallest absolute Gasteiger partial charge is 0.407 e. The van der Waals surface area contributed by atoms with Crippen molar-refractivity contribution in [3.63, 3.8) is 0 Å². The van der Waals surface area contributed by atoms with E-state index in [2.05, 4.69) is 44.9 Å². The van der Waals surface area contributed by atoms with Gasteiger partial charge in [0.25, 0.3) is 11.7 Å². The van der Waals surface area contributed by atoms with E-state index in [0.717, 1.165) is 76.6 Å². The van der Waals surface area contributed by atoms with E-state index < -0.39 is 96.2 Å². The molecule has 566 valence electrons. The number of hydrogen-bond donors (Lipinski definition) is 3. The number of allylic oxidation sites excluding steroid dienone is 5. The fourth-order valence-corrected chi connectivity index (χ4v) is 15.1. The number of aliphatic hydroxyl groups excluding tert-OH is 1. The number of ether oxygens (including phenoxy) is 8. The quantitative estimate of drug-likeness (QED) is 0.0408. The van der Waals surface area contributed by atoms with Gasteiger partial charge in [-0.25, -0.2) is 29.5 Å². The van der Waals surface area contributed by atoms with Crippen molar-refractivity contribution < 1.29 is 76.9 Å². The summed E-state index contributed by atoms with van der Waals surface area (Å²) in [5, 5.41) is 26.8. The molecule has 26 nitrogen and oxygen atoms in total. The maximum absolute atomic E-state index is 14.9. The number of fused-ring (bicyclic) bond motifs is 3. The Kier molecular flexibility index (Phi) is 31.5. The first-order valence-corrected chi connectivity index (χ1v) is 37.0. The van der Waals surface area contributed by atoms with Gasteiger partial charge in [-0.15, -0.1) is 0 Å². The molecule has 102 heavy (non-hydrogen) atoms. The zero-order chi connectivity index (χ0) is 73.6. The topological polar surface area (TPSA) is 297 Å². The minimum absolute atomic E-state index is 0.0155. The lowest BCUT2D eigenvalue weighted by atomic mass is 9.78. The molecule has 0 spiro atoms. The number of alkyl carbamates (subject to hydrolysis) is 1. The Morgan fingerprint density at radius 2 is 1.34 bits per heavy atom. The fourth-order valence-electron chi connectivity index (χ4n) is 15.1. The largest absolute Gasteiger partial charge is 0.460 e.